The highest BCUT2D eigenvalue weighted by molar-refractivity contribution is 6.07. The zero-order chi connectivity index (χ0) is 32.0. The maximum Gasteiger partial charge on any atom is 0.178 e. The Balaban J connectivity index is 1.05. The van der Waals surface area contributed by atoms with Crippen molar-refractivity contribution in [1.82, 2.24) is 4.57 Å². The van der Waals surface area contributed by atoms with Gasteiger partial charge in [-0.25, -0.2) is 0 Å². The molecule has 48 heavy (non-hydrogen) atoms. The zero-order valence-corrected chi connectivity index (χ0v) is 27.0. The molecule has 2 aromatic heterocycles. The fourth-order valence-corrected chi connectivity index (χ4v) is 8.10. The van der Waals surface area contributed by atoms with E-state index in [0.717, 1.165) is 51.8 Å². The van der Waals surface area contributed by atoms with E-state index in [4.69, 9.17) is 9.15 Å². The van der Waals surface area contributed by atoms with Gasteiger partial charge in [-0.3, -0.25) is 0 Å². The molecule has 230 valence electrons. The maximum absolute atomic E-state index is 6.68. The second-order valence-corrected chi connectivity index (χ2v) is 13.7. The van der Waals surface area contributed by atoms with Crippen LogP contribution in [0, 0.1) is 0 Å². The van der Waals surface area contributed by atoms with E-state index >= 15 is 0 Å². The number of furan rings is 1. The largest absolute Gasteiger partial charge is 0.453 e. The number of aromatic nitrogens is 1. The quantitative estimate of drug-likeness (QED) is 0.197. The van der Waals surface area contributed by atoms with Crippen LogP contribution in [0.1, 0.15) is 48.2 Å². The zero-order valence-electron chi connectivity index (χ0n) is 27.0. The standard InChI is InChI=1S/C45H33NO2/c1-45(2)37-23-22-35-34-13-7-9-15-41(34)47-43(35)44(37)48-42-25-19-31(27-38(42)45)30-18-24-40-36(26-30)33-12-6-8-14-39(33)46(40)32-20-16-29(17-21-32)28-10-4-3-5-11-28/h3-17,19-23,25-27H,18,24H2,1-2H3. The van der Waals surface area contributed by atoms with E-state index in [2.05, 4.69) is 146 Å². The van der Waals surface area contributed by atoms with Gasteiger partial charge in [-0.2, -0.15) is 0 Å². The highest BCUT2D eigenvalue weighted by Crippen LogP contribution is 2.52. The van der Waals surface area contributed by atoms with E-state index in [9.17, 15) is 0 Å². The Morgan fingerprint density at radius 3 is 2.19 bits per heavy atom. The van der Waals surface area contributed by atoms with Gasteiger partial charge in [0.05, 0.1) is 5.52 Å². The van der Waals surface area contributed by atoms with Crippen LogP contribution in [0.4, 0.5) is 0 Å². The molecule has 0 unspecified atom stereocenters. The third-order valence-electron chi connectivity index (χ3n) is 10.6. The molecule has 0 N–H and O–H groups in total. The first-order valence-corrected chi connectivity index (χ1v) is 16.8. The van der Waals surface area contributed by atoms with Crippen molar-refractivity contribution in [3.05, 3.63) is 161 Å². The number of para-hydroxylation sites is 2. The Labute approximate surface area is 279 Å². The molecule has 8 aromatic rings. The highest BCUT2D eigenvalue weighted by Gasteiger charge is 2.37. The number of hydrogen-bond acceptors (Lipinski definition) is 2. The third kappa shape index (κ3) is 3.94. The molecule has 0 spiro atoms. The lowest BCUT2D eigenvalue weighted by Crippen LogP contribution is -2.24. The van der Waals surface area contributed by atoms with Crippen molar-refractivity contribution < 1.29 is 9.15 Å². The lowest BCUT2D eigenvalue weighted by molar-refractivity contribution is 0.415. The Morgan fingerprint density at radius 2 is 1.33 bits per heavy atom. The first kappa shape index (κ1) is 27.3. The predicted octanol–water partition coefficient (Wildman–Crippen LogP) is 12.1. The van der Waals surface area contributed by atoms with Crippen LogP contribution in [0.5, 0.6) is 11.5 Å². The normalized spacial score (nSPS) is 14.8. The molecule has 10 rings (SSSR count). The second-order valence-electron chi connectivity index (χ2n) is 13.7. The summed E-state index contributed by atoms with van der Waals surface area (Å²) in [5, 5.41) is 3.50. The molecule has 0 radical (unpaired) electrons. The van der Waals surface area contributed by atoms with E-state index in [-0.39, 0.29) is 5.41 Å². The molecule has 0 amide bonds. The molecule has 0 saturated heterocycles. The van der Waals surface area contributed by atoms with Gasteiger partial charge in [0.25, 0.3) is 0 Å². The Bertz CT molecular complexity index is 2600. The van der Waals surface area contributed by atoms with Gasteiger partial charge in [0, 0.05) is 49.6 Å². The average molecular weight is 620 g/mol. The van der Waals surface area contributed by atoms with Crippen molar-refractivity contribution >= 4 is 44.5 Å². The smallest absolute Gasteiger partial charge is 0.178 e. The summed E-state index contributed by atoms with van der Waals surface area (Å²) >= 11 is 0. The Kier molecular flexibility index (Phi) is 5.75. The van der Waals surface area contributed by atoms with Crippen LogP contribution in [0.3, 0.4) is 0 Å². The number of hydrogen-bond donors (Lipinski definition) is 0. The topological polar surface area (TPSA) is 27.3 Å². The molecule has 0 fully saturated rings. The minimum atomic E-state index is -0.256. The summed E-state index contributed by atoms with van der Waals surface area (Å²) in [4.78, 5) is 0. The minimum absolute atomic E-state index is 0.256. The predicted molar refractivity (Wildman–Crippen MR) is 197 cm³/mol. The number of fused-ring (bicyclic) bond motifs is 9. The van der Waals surface area contributed by atoms with Gasteiger partial charge < -0.3 is 13.7 Å². The monoisotopic (exact) mass is 619 g/mol. The van der Waals surface area contributed by atoms with Crippen LogP contribution in [0.15, 0.2) is 138 Å². The van der Waals surface area contributed by atoms with Gasteiger partial charge in [-0.15, -0.1) is 0 Å². The van der Waals surface area contributed by atoms with Crippen molar-refractivity contribution in [1.29, 1.82) is 0 Å². The summed E-state index contributed by atoms with van der Waals surface area (Å²) in [5.41, 5.74) is 14.1. The van der Waals surface area contributed by atoms with Crippen molar-refractivity contribution in [3.63, 3.8) is 0 Å². The summed E-state index contributed by atoms with van der Waals surface area (Å²) in [5.74, 6) is 1.73. The van der Waals surface area contributed by atoms with E-state index in [1.165, 1.54) is 55.7 Å². The lowest BCUT2D eigenvalue weighted by Gasteiger charge is -2.35. The summed E-state index contributed by atoms with van der Waals surface area (Å²) in [6.07, 6.45) is 4.38. The van der Waals surface area contributed by atoms with E-state index in [1.54, 1.807) is 0 Å². The van der Waals surface area contributed by atoms with Crippen LogP contribution in [0.25, 0.3) is 61.3 Å². The number of nitrogens with zero attached hydrogens (tertiary/aromatic N) is 1. The van der Waals surface area contributed by atoms with E-state index in [0.29, 0.717) is 0 Å². The summed E-state index contributed by atoms with van der Waals surface area (Å²) in [7, 11) is 0. The molecule has 3 nitrogen and oxygen atoms in total. The molecule has 3 heteroatoms. The number of ether oxygens (including phenoxy) is 1. The minimum Gasteiger partial charge on any atom is -0.453 e. The first-order valence-electron chi connectivity index (χ1n) is 16.8. The maximum atomic E-state index is 6.68. The van der Waals surface area contributed by atoms with Crippen molar-refractivity contribution in [2.24, 2.45) is 0 Å². The molecule has 0 bridgehead atoms. The first-order chi connectivity index (χ1) is 23.5. The Hall–Kier alpha value is -5.80. The van der Waals surface area contributed by atoms with Crippen LogP contribution in [-0.4, -0.2) is 4.57 Å². The van der Waals surface area contributed by atoms with Crippen LogP contribution in [0.2, 0.25) is 0 Å². The SMILES string of the molecule is CC1(C)c2cc(C3=Cc4c(n(-c5ccc(-c6ccccc6)cc5)c5ccccc45)CC3)ccc2Oc2c1ccc1c2oc2ccccc21. The van der Waals surface area contributed by atoms with Gasteiger partial charge in [0.2, 0.25) is 0 Å². The summed E-state index contributed by atoms with van der Waals surface area (Å²) in [6, 6.07) is 47.8. The highest BCUT2D eigenvalue weighted by atomic mass is 16.5. The number of benzene rings is 6. The summed E-state index contributed by atoms with van der Waals surface area (Å²) < 4.78 is 15.5. The van der Waals surface area contributed by atoms with Gasteiger partial charge in [0.1, 0.15) is 11.3 Å². The lowest BCUT2D eigenvalue weighted by atomic mass is 9.74. The third-order valence-corrected chi connectivity index (χ3v) is 10.6. The van der Waals surface area contributed by atoms with Crippen LogP contribution in [-0.2, 0) is 11.8 Å². The second kappa shape index (κ2) is 10.1. The molecule has 2 aliphatic rings. The molecule has 1 aliphatic heterocycles. The fourth-order valence-electron chi connectivity index (χ4n) is 8.10. The van der Waals surface area contributed by atoms with Gasteiger partial charge in [-0.1, -0.05) is 105 Å². The molecular formula is C45H33NO2. The Morgan fingerprint density at radius 1 is 0.604 bits per heavy atom. The molecule has 3 heterocycles. The van der Waals surface area contributed by atoms with E-state index < -0.39 is 0 Å². The van der Waals surface area contributed by atoms with Crippen LogP contribution < -0.4 is 4.74 Å². The summed E-state index contributed by atoms with van der Waals surface area (Å²) in [6.45, 7) is 4.60. The average Bonchev–Trinajstić information content (AvgIpc) is 3.68. The fraction of sp³-hybridized carbons (Fsp3) is 0.111. The van der Waals surface area contributed by atoms with Gasteiger partial charge in [0.15, 0.2) is 11.3 Å². The van der Waals surface area contributed by atoms with Gasteiger partial charge in [-0.05, 0) is 83.6 Å². The van der Waals surface area contributed by atoms with Crippen molar-refractivity contribution in [2.45, 2.75) is 32.1 Å². The molecular weight excluding hydrogens is 587 g/mol. The van der Waals surface area contributed by atoms with Crippen molar-refractivity contribution in [2.75, 3.05) is 0 Å². The molecule has 1 aliphatic carbocycles. The molecule has 6 aromatic carbocycles. The van der Waals surface area contributed by atoms with E-state index in [1.807, 2.05) is 12.1 Å². The molecule has 0 saturated carbocycles. The molecule has 0 atom stereocenters. The van der Waals surface area contributed by atoms with Crippen LogP contribution >= 0.6 is 0 Å². The number of allylic oxidation sites excluding steroid dienone is 1. The van der Waals surface area contributed by atoms with Crippen molar-refractivity contribution in [3.8, 4) is 28.3 Å². The number of rotatable bonds is 3. The van der Waals surface area contributed by atoms with Gasteiger partial charge >= 0.3 is 0 Å².